The number of piperidine rings is 1. The van der Waals surface area contributed by atoms with Gasteiger partial charge in [-0.15, -0.1) is 23.5 Å². The molecule has 12 nitrogen and oxygen atoms in total. The van der Waals surface area contributed by atoms with E-state index in [2.05, 4.69) is 74.3 Å². The van der Waals surface area contributed by atoms with Crippen LogP contribution in [-0.4, -0.2) is 131 Å². The quantitative estimate of drug-likeness (QED) is 0.192. The number of allylic oxidation sites excluding steroid dienone is 1. The average Bonchev–Trinajstić information content (AvgIpc) is 3.48. The second-order valence-corrected chi connectivity index (χ2v) is 28.0. The molecule has 0 unspecified atom stereocenters. The van der Waals surface area contributed by atoms with E-state index < -0.39 is 32.4 Å². The van der Waals surface area contributed by atoms with Gasteiger partial charge < -0.3 is 34.9 Å². The minimum Gasteiger partial charge on any atom is -0.490 e. The number of nitrogens with two attached hydrogens (primary N) is 1. The van der Waals surface area contributed by atoms with Gasteiger partial charge in [0.25, 0.3) is 5.91 Å². The lowest BCUT2D eigenvalue weighted by molar-refractivity contribution is -0.0333. The molecule has 71 heavy (non-hydrogen) atoms. The fraction of sp³-hybridized carbons (Fsp3) is 0.692. The third kappa shape index (κ3) is 16.4. The number of methoxy groups -OCH3 is 1. The smallest absolute Gasteiger partial charge is 0.410 e. The standard InChI is InChI=1S/C36H45ClN2O5S3.C11H22N2O2.C3H7BrO.C2H4Br2/c1-23-6-3-15-36(41,34-45-16-5-17-46-34)30-11-8-27(30)20-39-21-35(14-4-7-25-18-28(37)10-12-29(25)35)22-44-32-13-9-26(19-31(32)39)33(40)38-47(42,43)24(23)2;1-11(2,3)15-10(14)13-7-5-4-6-9(13)8-12;1-5-3-2-4;3-1-2-4/h3,9-10,12-13,15,18-19,23-24,27,30,34,41H,4-8,11,14,16-17,20-22H2,1-2H3,(H,38,40);9H,4-8,12H2,1-3H3;2-3H2,1H3;1-2H2/b15-3+;;;/t23-,24+,27-,30+,35-,36+;9-;;/m01../s1. The maximum Gasteiger partial charge on any atom is 0.410 e. The molecule has 4 heterocycles. The molecule has 2 bridgehead atoms. The number of ether oxygens (including phenoxy) is 3. The molecule has 4 aliphatic heterocycles. The summed E-state index contributed by atoms with van der Waals surface area (Å²) in [6, 6.07) is 11.7. The molecule has 4 N–H and O–H groups in total. The number of carbonyl (C=O) groups excluding carboxylic acids is 2. The molecular weight excluding hydrogens is 1180 g/mol. The molecule has 8 rings (SSSR count). The van der Waals surface area contributed by atoms with Crippen LogP contribution in [0.25, 0.3) is 0 Å². The fourth-order valence-electron chi connectivity index (χ4n) is 10.2. The SMILES string of the molecule is BrCCBr.CC(C)(C)OC(=O)N1CCCC[C@@H]1CN.COCCBr.C[C@@H]1[C@@H](C)C/C=C/[C@](O)(C2SCCCS2)[C@@H]2CC[C@H]2CN2C[C@@]3(CCCc4cc(Cl)ccc43)COc3ccc(cc32)C(=O)NS1(=O)=O. The van der Waals surface area contributed by atoms with E-state index in [9.17, 15) is 23.1 Å². The Kier molecular flexibility index (Phi) is 24.1. The first-order valence-electron chi connectivity index (χ1n) is 25.1. The number of aryl methyl sites for hydroxylation is 1. The molecule has 2 aromatic rings. The van der Waals surface area contributed by atoms with Gasteiger partial charge in [-0.25, -0.2) is 17.9 Å². The Bertz CT molecular complexity index is 2180. The Balaban J connectivity index is 0.000000323. The van der Waals surface area contributed by atoms with E-state index in [1.54, 1.807) is 31.1 Å². The highest BCUT2D eigenvalue weighted by Crippen LogP contribution is 2.53. The highest BCUT2D eigenvalue weighted by Gasteiger charge is 2.52. The van der Waals surface area contributed by atoms with Gasteiger partial charge in [0.1, 0.15) is 17.0 Å². The first-order chi connectivity index (χ1) is 33.8. The van der Waals surface area contributed by atoms with Crippen LogP contribution in [0.4, 0.5) is 10.5 Å². The number of hydrogen-bond donors (Lipinski definition) is 3. The zero-order chi connectivity index (χ0) is 52.0. The van der Waals surface area contributed by atoms with Crippen LogP contribution < -0.4 is 20.1 Å². The highest BCUT2D eigenvalue weighted by atomic mass is 79.9. The van der Waals surface area contributed by atoms with Crippen LogP contribution in [0.15, 0.2) is 48.6 Å². The molecule has 7 atom stereocenters. The second kappa shape index (κ2) is 28.2. The Morgan fingerprint density at radius 1 is 1.01 bits per heavy atom. The largest absolute Gasteiger partial charge is 0.490 e. The second-order valence-electron chi connectivity index (χ2n) is 20.5. The maximum absolute atomic E-state index is 13.5. The molecule has 3 fully saturated rings. The number of rotatable bonds is 5. The summed E-state index contributed by atoms with van der Waals surface area (Å²) in [6.45, 7) is 13.2. The van der Waals surface area contributed by atoms with Crippen molar-refractivity contribution in [3.05, 3.63) is 70.3 Å². The van der Waals surface area contributed by atoms with E-state index in [0.29, 0.717) is 38.4 Å². The summed E-state index contributed by atoms with van der Waals surface area (Å²) in [6.07, 6.45) is 13.5. The van der Waals surface area contributed by atoms with Crippen molar-refractivity contribution in [2.75, 3.05) is 78.9 Å². The lowest BCUT2D eigenvalue weighted by Crippen LogP contribution is -2.55. The molecule has 2 aromatic carbocycles. The lowest BCUT2D eigenvalue weighted by Gasteiger charge is -2.51. The number of nitrogens with one attached hydrogen (secondary N) is 1. The maximum atomic E-state index is 13.5. The molecule has 2 aliphatic carbocycles. The topological polar surface area (TPSA) is 161 Å². The van der Waals surface area contributed by atoms with Gasteiger partial charge in [0.2, 0.25) is 10.0 Å². The number of aliphatic hydroxyl groups is 1. The Hall–Kier alpha value is -1.22. The van der Waals surface area contributed by atoms with Gasteiger partial charge in [-0.3, -0.25) is 4.79 Å². The number of likely N-dealkylation sites (tertiary alicyclic amines) is 1. The van der Waals surface area contributed by atoms with Gasteiger partial charge in [-0.1, -0.05) is 84.5 Å². The normalized spacial score (nSPS) is 29.0. The molecule has 1 saturated carbocycles. The van der Waals surface area contributed by atoms with Crippen molar-refractivity contribution in [3.63, 3.8) is 0 Å². The molecule has 0 aromatic heterocycles. The van der Waals surface area contributed by atoms with Crippen LogP contribution in [0, 0.1) is 17.8 Å². The molecule has 0 radical (unpaired) electrons. The van der Waals surface area contributed by atoms with Gasteiger partial charge in [0, 0.05) is 71.3 Å². The van der Waals surface area contributed by atoms with E-state index in [-0.39, 0.29) is 45.4 Å². The lowest BCUT2D eigenvalue weighted by atomic mass is 9.64. The number of anilines is 1. The fourth-order valence-corrected chi connectivity index (χ4v) is 15.2. The molecule has 1 spiro atoms. The van der Waals surface area contributed by atoms with Crippen molar-refractivity contribution in [1.29, 1.82) is 0 Å². The Morgan fingerprint density at radius 3 is 2.37 bits per heavy atom. The van der Waals surface area contributed by atoms with E-state index in [1.165, 1.54) is 11.1 Å². The van der Waals surface area contributed by atoms with Crippen LogP contribution in [0.3, 0.4) is 0 Å². The van der Waals surface area contributed by atoms with Gasteiger partial charge in [0.15, 0.2) is 0 Å². The van der Waals surface area contributed by atoms with Crippen molar-refractivity contribution < 1.29 is 37.3 Å². The van der Waals surface area contributed by atoms with E-state index in [0.717, 1.165) is 109 Å². The number of alkyl halides is 3. The first-order valence-corrected chi connectivity index (χ1v) is 32.5. The number of hydrogen-bond acceptors (Lipinski definition) is 12. The molecule has 6 aliphatic rings. The van der Waals surface area contributed by atoms with Gasteiger partial charge in [-0.2, -0.15) is 0 Å². The van der Waals surface area contributed by atoms with E-state index in [4.69, 9.17) is 26.8 Å². The molecule has 2 amide bonds. The van der Waals surface area contributed by atoms with Crippen molar-refractivity contribution in [1.82, 2.24) is 9.62 Å². The third-order valence-electron chi connectivity index (χ3n) is 14.3. The summed E-state index contributed by atoms with van der Waals surface area (Å²) in [7, 11) is -2.27. The highest BCUT2D eigenvalue weighted by molar-refractivity contribution is 9.12. The van der Waals surface area contributed by atoms with Crippen LogP contribution >= 0.6 is 82.9 Å². The third-order valence-corrected chi connectivity index (χ3v) is 21.8. The number of benzene rings is 2. The van der Waals surface area contributed by atoms with Crippen LogP contribution in [0.5, 0.6) is 5.75 Å². The number of thioether (sulfide) groups is 2. The van der Waals surface area contributed by atoms with Gasteiger partial charge in [-0.05, 0) is 163 Å². The van der Waals surface area contributed by atoms with Crippen molar-refractivity contribution in [2.24, 2.45) is 23.5 Å². The van der Waals surface area contributed by atoms with Crippen LogP contribution in [0.2, 0.25) is 5.02 Å². The minimum atomic E-state index is -3.95. The summed E-state index contributed by atoms with van der Waals surface area (Å²) in [5, 5.41) is 15.6. The first kappa shape index (κ1) is 60.6. The van der Waals surface area contributed by atoms with Gasteiger partial charge in [0.05, 0.1) is 28.7 Å². The number of nitrogens with zero attached hydrogens (tertiary/aromatic N) is 2. The molecule has 2 saturated heterocycles. The van der Waals surface area contributed by atoms with Gasteiger partial charge >= 0.3 is 6.09 Å². The molecule has 400 valence electrons. The average molecular weight is 1260 g/mol. The number of amides is 2. The van der Waals surface area contributed by atoms with E-state index in [1.807, 2.05) is 75.5 Å². The van der Waals surface area contributed by atoms with Crippen LogP contribution in [0.1, 0.15) is 114 Å². The van der Waals surface area contributed by atoms with Crippen LogP contribution in [-0.2, 0) is 31.3 Å². The van der Waals surface area contributed by atoms with Crippen molar-refractivity contribution in [3.8, 4) is 5.75 Å². The zero-order valence-corrected chi connectivity index (χ0v) is 50.4. The molecular formula is C52H78Br3ClN4O8S3. The number of halogens is 4. The minimum absolute atomic E-state index is 0.0302. The van der Waals surface area contributed by atoms with Crippen molar-refractivity contribution >= 4 is 111 Å². The van der Waals surface area contributed by atoms with E-state index >= 15 is 0 Å². The summed E-state index contributed by atoms with van der Waals surface area (Å²) in [4.78, 5) is 29.5. The molecule has 19 heteroatoms. The monoisotopic (exact) mass is 1250 g/mol. The number of sulfonamides is 1. The number of fused-ring (bicyclic) bond motifs is 4. The predicted molar refractivity (Wildman–Crippen MR) is 306 cm³/mol. The van der Waals surface area contributed by atoms with Crippen molar-refractivity contribution in [2.45, 2.75) is 131 Å². The summed E-state index contributed by atoms with van der Waals surface area (Å²) in [5.74, 6) is 2.18. The summed E-state index contributed by atoms with van der Waals surface area (Å²) in [5.41, 5.74) is 7.54. The summed E-state index contributed by atoms with van der Waals surface area (Å²) < 4.78 is 45.9. The number of carbonyl (C=O) groups is 2. The Labute approximate surface area is 463 Å². The summed E-state index contributed by atoms with van der Waals surface area (Å²) >= 11 is 19.7. The zero-order valence-electron chi connectivity index (χ0n) is 42.4. The Morgan fingerprint density at radius 2 is 1.75 bits per heavy atom. The predicted octanol–water partition coefficient (Wildman–Crippen LogP) is 11.3.